The highest BCUT2D eigenvalue weighted by Crippen LogP contribution is 2.27. The lowest BCUT2D eigenvalue weighted by Crippen LogP contribution is -2.04. The number of rotatable bonds is 5. The van der Waals surface area contributed by atoms with E-state index < -0.39 is 0 Å². The van der Waals surface area contributed by atoms with Crippen LogP contribution in [-0.2, 0) is 22.5 Å². The number of benzene rings is 2. The van der Waals surface area contributed by atoms with Gasteiger partial charge < -0.3 is 15.2 Å². The number of nitrogens with two attached hydrogens (primary N) is 1. The maximum absolute atomic E-state index is 11.4. The van der Waals surface area contributed by atoms with Crippen molar-refractivity contribution in [3.8, 4) is 16.9 Å². The summed E-state index contributed by atoms with van der Waals surface area (Å²) in [4.78, 5) is 11.4. The van der Waals surface area contributed by atoms with Crippen LogP contribution in [0.3, 0.4) is 0 Å². The molecule has 0 aliphatic rings. The molecule has 21 heavy (non-hydrogen) atoms. The van der Waals surface area contributed by atoms with Gasteiger partial charge in [0.05, 0.1) is 20.6 Å². The van der Waals surface area contributed by atoms with Crippen molar-refractivity contribution in [1.82, 2.24) is 0 Å². The molecular formula is C17H19NO3. The molecule has 4 heteroatoms. The second kappa shape index (κ2) is 6.90. The lowest BCUT2D eigenvalue weighted by molar-refractivity contribution is -0.139. The Balaban J connectivity index is 2.33. The average molecular weight is 285 g/mol. The van der Waals surface area contributed by atoms with E-state index in [1.54, 1.807) is 7.11 Å². The van der Waals surface area contributed by atoms with Crippen LogP contribution in [0.15, 0.2) is 42.5 Å². The Hall–Kier alpha value is -2.33. The minimum atomic E-state index is -0.246. The maximum Gasteiger partial charge on any atom is 0.309 e. The molecule has 2 N–H and O–H groups in total. The van der Waals surface area contributed by atoms with Gasteiger partial charge in [-0.15, -0.1) is 0 Å². The quantitative estimate of drug-likeness (QED) is 0.858. The predicted octanol–water partition coefficient (Wildman–Crippen LogP) is 2.54. The van der Waals surface area contributed by atoms with Gasteiger partial charge in [-0.1, -0.05) is 30.3 Å². The van der Waals surface area contributed by atoms with Crippen LogP contribution in [0.25, 0.3) is 11.1 Å². The monoisotopic (exact) mass is 285 g/mol. The van der Waals surface area contributed by atoms with Crippen molar-refractivity contribution >= 4 is 5.97 Å². The highest BCUT2D eigenvalue weighted by atomic mass is 16.5. The zero-order chi connectivity index (χ0) is 15.2. The Morgan fingerprint density at radius 2 is 1.86 bits per heavy atom. The summed E-state index contributed by atoms with van der Waals surface area (Å²) in [5, 5.41) is 0. The Bertz CT molecular complexity index is 638. The molecule has 0 spiro atoms. The van der Waals surface area contributed by atoms with Crippen LogP contribution in [0, 0.1) is 0 Å². The summed E-state index contributed by atoms with van der Waals surface area (Å²) in [5.41, 5.74) is 9.70. The lowest BCUT2D eigenvalue weighted by Gasteiger charge is -2.10. The van der Waals surface area contributed by atoms with E-state index in [4.69, 9.17) is 15.2 Å². The minimum absolute atomic E-state index is 0.246. The van der Waals surface area contributed by atoms with Gasteiger partial charge in [-0.3, -0.25) is 4.79 Å². The van der Waals surface area contributed by atoms with Gasteiger partial charge in [-0.2, -0.15) is 0 Å². The molecule has 0 aromatic heterocycles. The SMILES string of the molecule is COC(=O)Cc1cccc(-c2ccc(OC)c(CN)c2)c1. The molecule has 0 heterocycles. The van der Waals surface area contributed by atoms with Gasteiger partial charge in [0, 0.05) is 12.1 Å². The third-order valence-corrected chi connectivity index (χ3v) is 3.34. The van der Waals surface area contributed by atoms with Crippen molar-refractivity contribution < 1.29 is 14.3 Å². The molecule has 0 unspecified atom stereocenters. The summed E-state index contributed by atoms with van der Waals surface area (Å²) in [6.07, 6.45) is 0.268. The van der Waals surface area contributed by atoms with Crippen molar-refractivity contribution in [1.29, 1.82) is 0 Å². The first kappa shape index (κ1) is 15.1. The van der Waals surface area contributed by atoms with E-state index in [0.717, 1.165) is 28.0 Å². The van der Waals surface area contributed by atoms with Crippen molar-refractivity contribution in [2.24, 2.45) is 5.73 Å². The molecule has 0 fully saturated rings. The van der Waals surface area contributed by atoms with Crippen molar-refractivity contribution in [3.63, 3.8) is 0 Å². The first-order valence-electron chi connectivity index (χ1n) is 6.71. The zero-order valence-corrected chi connectivity index (χ0v) is 12.3. The highest BCUT2D eigenvalue weighted by Gasteiger charge is 2.07. The van der Waals surface area contributed by atoms with E-state index in [9.17, 15) is 4.79 Å². The van der Waals surface area contributed by atoms with Crippen LogP contribution in [0.1, 0.15) is 11.1 Å². The van der Waals surface area contributed by atoms with Crippen molar-refractivity contribution in [2.75, 3.05) is 14.2 Å². The summed E-state index contributed by atoms with van der Waals surface area (Å²) < 4.78 is 9.97. The zero-order valence-electron chi connectivity index (χ0n) is 12.3. The standard InChI is InChI=1S/C17H19NO3/c1-20-16-7-6-14(10-15(16)11-18)13-5-3-4-12(8-13)9-17(19)21-2/h3-8,10H,9,11,18H2,1-2H3. The molecule has 110 valence electrons. The Kier molecular flexibility index (Phi) is 4.95. The number of methoxy groups -OCH3 is 2. The molecule has 0 amide bonds. The Morgan fingerprint density at radius 3 is 2.52 bits per heavy atom. The number of hydrogen-bond donors (Lipinski definition) is 1. The maximum atomic E-state index is 11.4. The molecule has 2 rings (SSSR count). The van der Waals surface area contributed by atoms with Gasteiger partial charge >= 0.3 is 5.97 Å². The third kappa shape index (κ3) is 3.61. The normalized spacial score (nSPS) is 10.2. The van der Waals surface area contributed by atoms with Crippen LogP contribution in [0.5, 0.6) is 5.75 Å². The van der Waals surface area contributed by atoms with Crippen LogP contribution < -0.4 is 10.5 Å². The first-order valence-corrected chi connectivity index (χ1v) is 6.71. The Morgan fingerprint density at radius 1 is 1.10 bits per heavy atom. The summed E-state index contributed by atoms with van der Waals surface area (Å²) >= 11 is 0. The fourth-order valence-corrected chi connectivity index (χ4v) is 2.22. The van der Waals surface area contributed by atoms with E-state index in [1.165, 1.54) is 7.11 Å². The van der Waals surface area contributed by atoms with E-state index in [2.05, 4.69) is 0 Å². The topological polar surface area (TPSA) is 61.5 Å². The molecule has 2 aromatic carbocycles. The molecule has 0 radical (unpaired) electrons. The first-order chi connectivity index (χ1) is 10.2. The largest absolute Gasteiger partial charge is 0.496 e. The number of carbonyl (C=O) groups excluding carboxylic acids is 1. The van der Waals surface area contributed by atoms with Gasteiger partial charge in [0.15, 0.2) is 0 Å². The van der Waals surface area contributed by atoms with Gasteiger partial charge in [0.25, 0.3) is 0 Å². The molecule has 0 bridgehead atoms. The van der Waals surface area contributed by atoms with Crippen molar-refractivity contribution in [2.45, 2.75) is 13.0 Å². The average Bonchev–Trinajstić information content (AvgIpc) is 2.54. The molecule has 0 saturated heterocycles. The van der Waals surface area contributed by atoms with E-state index >= 15 is 0 Å². The molecule has 0 saturated carbocycles. The number of esters is 1. The predicted molar refractivity (Wildman–Crippen MR) is 82.0 cm³/mol. The van der Waals surface area contributed by atoms with Gasteiger partial charge in [-0.25, -0.2) is 0 Å². The summed E-state index contributed by atoms with van der Waals surface area (Å²) in [6.45, 7) is 0.416. The number of carbonyl (C=O) groups is 1. The van der Waals surface area contributed by atoms with Crippen molar-refractivity contribution in [3.05, 3.63) is 53.6 Å². The van der Waals surface area contributed by atoms with E-state index in [1.807, 2.05) is 42.5 Å². The fraction of sp³-hybridized carbons (Fsp3) is 0.235. The summed E-state index contributed by atoms with van der Waals surface area (Å²) in [5.74, 6) is 0.538. The van der Waals surface area contributed by atoms with Crippen LogP contribution in [0.2, 0.25) is 0 Å². The molecule has 2 aromatic rings. The lowest BCUT2D eigenvalue weighted by atomic mass is 9.99. The smallest absolute Gasteiger partial charge is 0.309 e. The third-order valence-electron chi connectivity index (χ3n) is 3.34. The molecular weight excluding hydrogens is 266 g/mol. The van der Waals surface area contributed by atoms with Gasteiger partial charge in [-0.05, 0) is 28.8 Å². The highest BCUT2D eigenvalue weighted by molar-refractivity contribution is 5.74. The second-order valence-corrected chi connectivity index (χ2v) is 4.68. The van der Waals surface area contributed by atoms with E-state index in [0.29, 0.717) is 6.54 Å². The molecule has 4 nitrogen and oxygen atoms in total. The molecule has 0 atom stereocenters. The number of hydrogen-bond acceptors (Lipinski definition) is 4. The summed E-state index contributed by atoms with van der Waals surface area (Å²) in [7, 11) is 3.02. The minimum Gasteiger partial charge on any atom is -0.496 e. The molecule has 0 aliphatic heterocycles. The van der Waals surface area contributed by atoms with Crippen LogP contribution in [0.4, 0.5) is 0 Å². The second-order valence-electron chi connectivity index (χ2n) is 4.68. The molecule has 0 aliphatic carbocycles. The van der Waals surface area contributed by atoms with Crippen LogP contribution in [-0.4, -0.2) is 20.2 Å². The van der Waals surface area contributed by atoms with Gasteiger partial charge in [0.2, 0.25) is 0 Å². The fourth-order valence-electron chi connectivity index (χ4n) is 2.22. The van der Waals surface area contributed by atoms with Crippen LogP contribution >= 0.6 is 0 Å². The number of ether oxygens (including phenoxy) is 2. The van der Waals surface area contributed by atoms with E-state index in [-0.39, 0.29) is 12.4 Å². The van der Waals surface area contributed by atoms with Gasteiger partial charge in [0.1, 0.15) is 5.75 Å². The summed E-state index contributed by atoms with van der Waals surface area (Å²) in [6, 6.07) is 13.7. The Labute approximate surface area is 124 Å².